The van der Waals surface area contributed by atoms with Gasteiger partial charge in [-0.05, 0) is 12.7 Å². The van der Waals surface area contributed by atoms with E-state index < -0.39 is 0 Å². The zero-order valence-electron chi connectivity index (χ0n) is 4.93. The maximum Gasteiger partial charge on any atom is 0.0201 e. The van der Waals surface area contributed by atoms with Gasteiger partial charge in [-0.2, -0.15) is 11.8 Å². The molecule has 0 saturated carbocycles. The monoisotopic (exact) mass is 243 g/mol. The van der Waals surface area contributed by atoms with E-state index in [1.807, 2.05) is 11.8 Å². The molecule has 1 fully saturated rings. The van der Waals surface area contributed by atoms with Crippen LogP contribution in [0.2, 0.25) is 0 Å². The van der Waals surface area contributed by atoms with Crippen molar-refractivity contribution in [2.45, 2.75) is 11.7 Å². The third kappa shape index (κ3) is 1.77. The first-order valence-electron chi connectivity index (χ1n) is 2.76. The number of hydrogen-bond acceptors (Lipinski definition) is 2. The van der Waals surface area contributed by atoms with E-state index in [4.69, 9.17) is 0 Å². The Labute approximate surface area is 68.7 Å². The quantitative estimate of drug-likeness (QED) is 0.510. The van der Waals surface area contributed by atoms with Gasteiger partial charge in [0.1, 0.15) is 0 Å². The summed E-state index contributed by atoms with van der Waals surface area (Å²) in [7, 11) is 0. The van der Waals surface area contributed by atoms with Crippen LogP contribution < -0.4 is 0 Å². The molecule has 0 aliphatic carbocycles. The molecule has 0 N–H and O–H groups in total. The minimum absolute atomic E-state index is 0.909. The van der Waals surface area contributed by atoms with Crippen LogP contribution in [0.15, 0.2) is 0 Å². The first-order chi connectivity index (χ1) is 3.83. The Bertz CT molecular complexity index is 78.8. The molecule has 1 aliphatic rings. The summed E-state index contributed by atoms with van der Waals surface area (Å²) in [5, 5.41) is 0.909. The molecule has 8 heavy (non-hydrogen) atoms. The van der Waals surface area contributed by atoms with Crippen molar-refractivity contribution in [3.8, 4) is 0 Å². The number of rotatable bonds is 1. The maximum absolute atomic E-state index is 2.39. The standard InChI is InChI=1S/C5H10INS/c1-8-5-2-3-7(6)4-5/h5H,2-4H2,1H3/t5-/m0/s1. The van der Waals surface area contributed by atoms with Crippen LogP contribution >= 0.6 is 34.6 Å². The average molecular weight is 243 g/mol. The van der Waals surface area contributed by atoms with E-state index >= 15 is 0 Å². The predicted molar refractivity (Wildman–Crippen MR) is 47.5 cm³/mol. The minimum atomic E-state index is 0.909. The minimum Gasteiger partial charge on any atom is -0.246 e. The van der Waals surface area contributed by atoms with Gasteiger partial charge in [-0.25, -0.2) is 3.11 Å². The Morgan fingerprint density at radius 1 is 1.75 bits per heavy atom. The van der Waals surface area contributed by atoms with Crippen molar-refractivity contribution in [2.24, 2.45) is 0 Å². The summed E-state index contributed by atoms with van der Waals surface area (Å²) in [5.41, 5.74) is 0. The van der Waals surface area contributed by atoms with E-state index in [9.17, 15) is 0 Å². The SMILES string of the molecule is CS[C@H]1CCN(I)C1. The highest BCUT2D eigenvalue weighted by molar-refractivity contribution is 14.1. The molecule has 1 nitrogen and oxygen atoms in total. The van der Waals surface area contributed by atoms with Gasteiger partial charge in [-0.3, -0.25) is 0 Å². The second-order valence-corrected chi connectivity index (χ2v) is 4.52. The molecule has 1 heterocycles. The summed E-state index contributed by atoms with van der Waals surface area (Å²) in [6.45, 7) is 2.56. The highest BCUT2D eigenvalue weighted by Crippen LogP contribution is 2.21. The molecule has 3 heteroatoms. The predicted octanol–water partition coefficient (Wildman–Crippen LogP) is 1.77. The summed E-state index contributed by atoms with van der Waals surface area (Å²) >= 11 is 4.38. The van der Waals surface area contributed by atoms with E-state index in [1.54, 1.807) is 0 Å². The Hall–Kier alpha value is 1.04. The van der Waals surface area contributed by atoms with E-state index in [0.717, 1.165) is 5.25 Å². The highest BCUT2D eigenvalue weighted by Gasteiger charge is 2.18. The first kappa shape index (κ1) is 7.15. The molecule has 0 radical (unpaired) electrons. The molecule has 0 aromatic heterocycles. The van der Waals surface area contributed by atoms with Crippen molar-refractivity contribution < 1.29 is 0 Å². The van der Waals surface area contributed by atoms with Gasteiger partial charge in [-0.1, -0.05) is 0 Å². The van der Waals surface area contributed by atoms with Gasteiger partial charge in [0, 0.05) is 41.2 Å². The van der Waals surface area contributed by atoms with Gasteiger partial charge in [0.05, 0.1) is 0 Å². The topological polar surface area (TPSA) is 3.24 Å². The smallest absolute Gasteiger partial charge is 0.0201 e. The highest BCUT2D eigenvalue weighted by atomic mass is 127. The van der Waals surface area contributed by atoms with Crippen molar-refractivity contribution >= 4 is 34.6 Å². The second kappa shape index (κ2) is 3.27. The molecule has 1 rings (SSSR count). The number of halogens is 1. The normalized spacial score (nSPS) is 31.5. The molecular formula is C5H10INS. The van der Waals surface area contributed by atoms with Gasteiger partial charge >= 0.3 is 0 Å². The molecule has 0 bridgehead atoms. The molecular weight excluding hydrogens is 233 g/mol. The molecule has 1 atom stereocenters. The van der Waals surface area contributed by atoms with Gasteiger partial charge in [-0.15, -0.1) is 0 Å². The van der Waals surface area contributed by atoms with Crippen LogP contribution in [0.5, 0.6) is 0 Å². The first-order valence-corrected chi connectivity index (χ1v) is 5.01. The Morgan fingerprint density at radius 2 is 2.50 bits per heavy atom. The molecule has 48 valence electrons. The third-order valence-corrected chi connectivity index (χ3v) is 3.36. The Morgan fingerprint density at radius 3 is 2.75 bits per heavy atom. The fourth-order valence-electron chi connectivity index (χ4n) is 0.880. The van der Waals surface area contributed by atoms with Crippen molar-refractivity contribution in [3.05, 3.63) is 0 Å². The summed E-state index contributed by atoms with van der Waals surface area (Å²) < 4.78 is 2.36. The van der Waals surface area contributed by atoms with Gasteiger partial charge < -0.3 is 0 Å². The number of hydrogen-bond donors (Lipinski definition) is 0. The van der Waals surface area contributed by atoms with Crippen LogP contribution in [0.4, 0.5) is 0 Å². The van der Waals surface area contributed by atoms with Crippen molar-refractivity contribution in [1.82, 2.24) is 3.11 Å². The van der Waals surface area contributed by atoms with Crippen molar-refractivity contribution in [2.75, 3.05) is 19.3 Å². The summed E-state index contributed by atoms with van der Waals surface area (Å²) in [5.74, 6) is 0. The largest absolute Gasteiger partial charge is 0.246 e. The average Bonchev–Trinajstić information content (AvgIpc) is 2.14. The van der Waals surface area contributed by atoms with Crippen LogP contribution in [0.3, 0.4) is 0 Å². The lowest BCUT2D eigenvalue weighted by Crippen LogP contribution is -2.07. The molecule has 0 spiro atoms. The van der Waals surface area contributed by atoms with E-state index in [0.29, 0.717) is 0 Å². The van der Waals surface area contributed by atoms with Crippen LogP contribution in [0.1, 0.15) is 6.42 Å². The van der Waals surface area contributed by atoms with E-state index in [-0.39, 0.29) is 0 Å². The molecule has 0 unspecified atom stereocenters. The fourth-order valence-corrected chi connectivity index (χ4v) is 2.57. The summed E-state index contributed by atoms with van der Waals surface area (Å²) in [6, 6.07) is 0. The molecule has 0 aromatic carbocycles. The lowest BCUT2D eigenvalue weighted by atomic mass is 10.4. The molecule has 1 aliphatic heterocycles. The van der Waals surface area contributed by atoms with E-state index in [1.165, 1.54) is 19.5 Å². The summed E-state index contributed by atoms with van der Waals surface area (Å²) in [4.78, 5) is 0. The van der Waals surface area contributed by atoms with E-state index in [2.05, 4.69) is 32.2 Å². The third-order valence-electron chi connectivity index (χ3n) is 1.43. The lowest BCUT2D eigenvalue weighted by molar-refractivity contribution is 0.637. The van der Waals surface area contributed by atoms with Crippen LogP contribution in [-0.4, -0.2) is 27.7 Å². The number of thioether (sulfide) groups is 1. The van der Waals surface area contributed by atoms with Crippen LogP contribution in [-0.2, 0) is 0 Å². The van der Waals surface area contributed by atoms with Crippen molar-refractivity contribution in [3.63, 3.8) is 0 Å². The molecule has 1 saturated heterocycles. The van der Waals surface area contributed by atoms with Crippen LogP contribution in [0, 0.1) is 0 Å². The zero-order valence-corrected chi connectivity index (χ0v) is 7.91. The molecule has 0 amide bonds. The van der Waals surface area contributed by atoms with Gasteiger partial charge in [0.2, 0.25) is 0 Å². The van der Waals surface area contributed by atoms with Gasteiger partial charge in [0.15, 0.2) is 0 Å². The van der Waals surface area contributed by atoms with Crippen LogP contribution in [0.25, 0.3) is 0 Å². The van der Waals surface area contributed by atoms with Gasteiger partial charge in [0.25, 0.3) is 0 Å². The Balaban J connectivity index is 2.22. The zero-order chi connectivity index (χ0) is 5.98. The maximum atomic E-state index is 2.39. The molecule has 0 aromatic rings. The second-order valence-electron chi connectivity index (χ2n) is 2.02. The fraction of sp³-hybridized carbons (Fsp3) is 1.00. The number of nitrogens with zero attached hydrogens (tertiary/aromatic N) is 1. The Kier molecular flexibility index (Phi) is 2.92. The lowest BCUT2D eigenvalue weighted by Gasteiger charge is -2.03. The van der Waals surface area contributed by atoms with Crippen molar-refractivity contribution in [1.29, 1.82) is 0 Å². The summed E-state index contributed by atoms with van der Waals surface area (Å²) in [6.07, 6.45) is 3.57.